The lowest BCUT2D eigenvalue weighted by Gasteiger charge is -2.25. The Kier molecular flexibility index (Phi) is 2.64. The number of aliphatic hydroxyl groups is 1. The van der Waals surface area contributed by atoms with Crippen LogP contribution in [-0.2, 0) is 5.54 Å². The minimum Gasteiger partial charge on any atom is -0.392 e. The molecular formula is C11H14BrNO. The van der Waals surface area contributed by atoms with Gasteiger partial charge in [0, 0.05) is 16.6 Å². The van der Waals surface area contributed by atoms with Crippen LogP contribution in [0.2, 0.25) is 0 Å². The Morgan fingerprint density at radius 3 is 2.93 bits per heavy atom. The summed E-state index contributed by atoms with van der Waals surface area (Å²) in [6.07, 6.45) is 0.558. The second kappa shape index (κ2) is 3.65. The van der Waals surface area contributed by atoms with Crippen LogP contribution in [-0.4, -0.2) is 17.8 Å². The lowest BCUT2D eigenvalue weighted by atomic mass is 9.90. The molecule has 0 spiro atoms. The van der Waals surface area contributed by atoms with Gasteiger partial charge in [0.05, 0.1) is 6.10 Å². The van der Waals surface area contributed by atoms with E-state index in [1.165, 1.54) is 5.56 Å². The Bertz CT molecular complexity index is 342. The van der Waals surface area contributed by atoms with E-state index in [0.29, 0.717) is 6.54 Å². The van der Waals surface area contributed by atoms with Crippen molar-refractivity contribution in [3.8, 4) is 0 Å². The van der Waals surface area contributed by atoms with Crippen LogP contribution in [0.5, 0.6) is 0 Å². The molecule has 0 aromatic heterocycles. The van der Waals surface area contributed by atoms with Crippen LogP contribution in [0, 0.1) is 0 Å². The maximum Gasteiger partial charge on any atom is 0.0685 e. The molecule has 2 N–H and O–H groups in total. The van der Waals surface area contributed by atoms with Gasteiger partial charge in [0.25, 0.3) is 0 Å². The largest absolute Gasteiger partial charge is 0.392 e. The highest BCUT2D eigenvalue weighted by Gasteiger charge is 2.34. The van der Waals surface area contributed by atoms with Gasteiger partial charge in [0.15, 0.2) is 0 Å². The summed E-state index contributed by atoms with van der Waals surface area (Å²) < 4.78 is 1.08. The van der Waals surface area contributed by atoms with E-state index in [2.05, 4.69) is 40.3 Å². The Balaban J connectivity index is 2.30. The van der Waals surface area contributed by atoms with Crippen LogP contribution in [0.3, 0.4) is 0 Å². The third kappa shape index (κ3) is 1.85. The third-order valence-electron chi connectivity index (χ3n) is 2.83. The molecule has 0 amide bonds. The first-order chi connectivity index (χ1) is 6.60. The van der Waals surface area contributed by atoms with Crippen molar-refractivity contribution in [3.63, 3.8) is 0 Å². The van der Waals surface area contributed by atoms with Gasteiger partial charge in [-0.1, -0.05) is 28.1 Å². The zero-order valence-electron chi connectivity index (χ0n) is 8.13. The van der Waals surface area contributed by atoms with Crippen molar-refractivity contribution in [1.29, 1.82) is 0 Å². The molecule has 3 heteroatoms. The van der Waals surface area contributed by atoms with E-state index in [1.807, 2.05) is 12.1 Å². The van der Waals surface area contributed by atoms with Crippen molar-refractivity contribution < 1.29 is 5.11 Å². The van der Waals surface area contributed by atoms with Crippen LogP contribution >= 0.6 is 15.9 Å². The van der Waals surface area contributed by atoms with E-state index in [1.54, 1.807) is 0 Å². The fraction of sp³-hybridized carbons (Fsp3) is 0.455. The average molecular weight is 256 g/mol. The number of nitrogens with one attached hydrogen (secondary N) is 1. The molecule has 2 atom stereocenters. The lowest BCUT2D eigenvalue weighted by molar-refractivity contribution is 0.186. The number of β-amino-alcohol motifs (C(OH)–C–C–N with tert-alkyl or cyclic N) is 1. The predicted molar refractivity (Wildman–Crippen MR) is 60.1 cm³/mol. The van der Waals surface area contributed by atoms with Crippen molar-refractivity contribution in [2.75, 3.05) is 6.54 Å². The highest BCUT2D eigenvalue weighted by Crippen LogP contribution is 2.31. The molecule has 14 heavy (non-hydrogen) atoms. The van der Waals surface area contributed by atoms with Gasteiger partial charge in [0.2, 0.25) is 0 Å². The van der Waals surface area contributed by atoms with Gasteiger partial charge in [-0.2, -0.15) is 0 Å². The number of hydrogen-bond acceptors (Lipinski definition) is 2. The van der Waals surface area contributed by atoms with E-state index in [4.69, 9.17) is 0 Å². The van der Waals surface area contributed by atoms with E-state index < -0.39 is 0 Å². The molecule has 1 aliphatic heterocycles. The average Bonchev–Trinajstić information content (AvgIpc) is 2.48. The summed E-state index contributed by atoms with van der Waals surface area (Å²) in [5.74, 6) is 0. The monoisotopic (exact) mass is 255 g/mol. The topological polar surface area (TPSA) is 32.3 Å². The number of hydrogen-bond donors (Lipinski definition) is 2. The summed E-state index contributed by atoms with van der Waals surface area (Å²) in [7, 11) is 0. The van der Waals surface area contributed by atoms with Crippen molar-refractivity contribution in [2.24, 2.45) is 0 Å². The summed E-state index contributed by atoms with van der Waals surface area (Å²) >= 11 is 3.46. The molecule has 2 unspecified atom stereocenters. The Labute approximate surface area is 92.5 Å². The summed E-state index contributed by atoms with van der Waals surface area (Å²) in [6.45, 7) is 2.81. The first-order valence-electron chi connectivity index (χ1n) is 4.79. The van der Waals surface area contributed by atoms with Crippen LogP contribution in [0.15, 0.2) is 28.7 Å². The molecule has 2 nitrogen and oxygen atoms in total. The van der Waals surface area contributed by atoms with Crippen molar-refractivity contribution in [2.45, 2.75) is 25.0 Å². The molecule has 0 aliphatic carbocycles. The van der Waals surface area contributed by atoms with Crippen LogP contribution < -0.4 is 5.32 Å². The van der Waals surface area contributed by atoms with Gasteiger partial charge in [0.1, 0.15) is 0 Å². The van der Waals surface area contributed by atoms with Gasteiger partial charge >= 0.3 is 0 Å². The summed E-state index contributed by atoms with van der Waals surface area (Å²) in [5, 5.41) is 12.9. The molecule has 2 rings (SSSR count). The Morgan fingerprint density at radius 1 is 1.57 bits per heavy atom. The number of aliphatic hydroxyl groups excluding tert-OH is 1. The van der Waals surface area contributed by atoms with Gasteiger partial charge in [-0.3, -0.25) is 0 Å². The van der Waals surface area contributed by atoms with Crippen LogP contribution in [0.25, 0.3) is 0 Å². The summed E-state index contributed by atoms with van der Waals surface area (Å²) in [4.78, 5) is 0. The highest BCUT2D eigenvalue weighted by atomic mass is 79.9. The smallest absolute Gasteiger partial charge is 0.0685 e. The standard InChI is InChI=1S/C11H14BrNO/c1-11(6-10(14)7-13-11)8-3-2-4-9(12)5-8/h2-5,10,13-14H,6-7H2,1H3. The molecule has 1 aromatic carbocycles. The molecule has 1 aromatic rings. The first-order valence-corrected chi connectivity index (χ1v) is 5.59. The van der Waals surface area contributed by atoms with Crippen LogP contribution in [0.1, 0.15) is 18.9 Å². The zero-order chi connectivity index (χ0) is 10.2. The summed E-state index contributed by atoms with van der Waals surface area (Å²) in [5.41, 5.74) is 1.15. The molecular weight excluding hydrogens is 242 g/mol. The van der Waals surface area contributed by atoms with Crippen molar-refractivity contribution >= 4 is 15.9 Å². The second-order valence-electron chi connectivity index (χ2n) is 4.08. The van der Waals surface area contributed by atoms with Crippen molar-refractivity contribution in [3.05, 3.63) is 34.3 Å². The number of benzene rings is 1. The predicted octanol–water partition coefficient (Wildman–Crippen LogP) is 2.02. The summed E-state index contributed by atoms with van der Waals surface area (Å²) in [6, 6.07) is 8.23. The van der Waals surface area contributed by atoms with Gasteiger partial charge in [-0.05, 0) is 31.0 Å². The molecule has 0 saturated carbocycles. The lowest BCUT2D eigenvalue weighted by Crippen LogP contribution is -2.32. The molecule has 0 radical (unpaired) electrons. The van der Waals surface area contributed by atoms with Gasteiger partial charge < -0.3 is 10.4 Å². The van der Waals surface area contributed by atoms with E-state index in [9.17, 15) is 5.11 Å². The van der Waals surface area contributed by atoms with Gasteiger partial charge in [-0.15, -0.1) is 0 Å². The van der Waals surface area contributed by atoms with Gasteiger partial charge in [-0.25, -0.2) is 0 Å². The first kappa shape index (κ1) is 10.1. The van der Waals surface area contributed by atoms with Crippen molar-refractivity contribution in [1.82, 2.24) is 5.32 Å². The highest BCUT2D eigenvalue weighted by molar-refractivity contribution is 9.10. The maximum atomic E-state index is 9.52. The van der Waals surface area contributed by atoms with Crippen LogP contribution in [0.4, 0.5) is 0 Å². The molecule has 1 aliphatic rings. The van der Waals surface area contributed by atoms with E-state index >= 15 is 0 Å². The SMILES string of the molecule is CC1(c2cccc(Br)c2)CC(O)CN1. The Hall–Kier alpha value is -0.380. The Morgan fingerprint density at radius 2 is 2.36 bits per heavy atom. The number of rotatable bonds is 1. The fourth-order valence-electron chi connectivity index (χ4n) is 2.01. The second-order valence-corrected chi connectivity index (χ2v) is 5.00. The van der Waals surface area contributed by atoms with E-state index in [0.717, 1.165) is 10.9 Å². The minimum atomic E-state index is -0.223. The minimum absolute atomic E-state index is 0.0802. The fourth-order valence-corrected chi connectivity index (χ4v) is 2.41. The quantitative estimate of drug-likeness (QED) is 0.805. The van der Waals surface area contributed by atoms with E-state index in [-0.39, 0.29) is 11.6 Å². The molecule has 1 fully saturated rings. The maximum absolute atomic E-state index is 9.52. The third-order valence-corrected chi connectivity index (χ3v) is 3.33. The molecule has 76 valence electrons. The molecule has 0 bridgehead atoms. The zero-order valence-corrected chi connectivity index (χ0v) is 9.71. The molecule has 1 heterocycles. The molecule has 1 saturated heterocycles. The number of halogens is 1. The normalized spacial score (nSPS) is 32.1.